The van der Waals surface area contributed by atoms with Crippen molar-refractivity contribution in [1.29, 1.82) is 0 Å². The highest BCUT2D eigenvalue weighted by molar-refractivity contribution is 5.19. The largest absolute Gasteiger partial charge is 0.307 e. The second kappa shape index (κ2) is 6.94. The Morgan fingerprint density at radius 3 is 2.50 bits per heavy atom. The highest BCUT2D eigenvalue weighted by Crippen LogP contribution is 2.31. The fraction of sp³-hybridized carbons (Fsp3) is 0.647. The predicted molar refractivity (Wildman–Crippen MR) is 78.6 cm³/mol. The summed E-state index contributed by atoms with van der Waals surface area (Å²) in [5, 5.41) is 3.87. The first-order valence-corrected chi connectivity index (χ1v) is 7.62. The van der Waals surface area contributed by atoms with Crippen LogP contribution in [-0.2, 0) is 0 Å². The molecule has 0 aromatic heterocycles. The van der Waals surface area contributed by atoms with E-state index in [1.807, 2.05) is 0 Å². The normalized spacial score (nSPS) is 19.2. The van der Waals surface area contributed by atoms with Gasteiger partial charge < -0.3 is 5.32 Å². The van der Waals surface area contributed by atoms with Crippen molar-refractivity contribution in [3.8, 4) is 0 Å². The van der Waals surface area contributed by atoms with E-state index >= 15 is 0 Å². The first kappa shape index (κ1) is 13.6. The van der Waals surface area contributed by atoms with Gasteiger partial charge >= 0.3 is 0 Å². The zero-order valence-corrected chi connectivity index (χ0v) is 11.9. The fourth-order valence-corrected chi connectivity index (χ4v) is 2.83. The smallest absolute Gasteiger partial charge is 0.0322 e. The van der Waals surface area contributed by atoms with Gasteiger partial charge in [0.2, 0.25) is 0 Å². The van der Waals surface area contributed by atoms with Gasteiger partial charge in [0.15, 0.2) is 0 Å². The first-order chi connectivity index (χ1) is 8.81. The number of nitrogens with one attached hydrogen (secondary N) is 1. The van der Waals surface area contributed by atoms with E-state index in [9.17, 15) is 0 Å². The van der Waals surface area contributed by atoms with Crippen LogP contribution in [0.1, 0.15) is 64.0 Å². The molecule has 1 heteroatoms. The van der Waals surface area contributed by atoms with Gasteiger partial charge in [0.25, 0.3) is 0 Å². The van der Waals surface area contributed by atoms with E-state index in [1.165, 1.54) is 44.1 Å². The summed E-state index contributed by atoms with van der Waals surface area (Å²) >= 11 is 0. The third kappa shape index (κ3) is 3.58. The summed E-state index contributed by atoms with van der Waals surface area (Å²) in [6, 6.07) is 12.2. The Morgan fingerprint density at radius 2 is 1.94 bits per heavy atom. The Balaban J connectivity index is 1.95. The summed E-state index contributed by atoms with van der Waals surface area (Å²) in [6.45, 7) is 4.64. The minimum atomic E-state index is 0.543. The maximum atomic E-state index is 3.87. The van der Waals surface area contributed by atoms with Crippen LogP contribution in [0.25, 0.3) is 0 Å². The maximum Gasteiger partial charge on any atom is 0.0322 e. The molecule has 0 heterocycles. The van der Waals surface area contributed by atoms with Gasteiger partial charge in [0.05, 0.1) is 0 Å². The molecule has 0 radical (unpaired) electrons. The summed E-state index contributed by atoms with van der Waals surface area (Å²) in [7, 11) is 0. The minimum absolute atomic E-state index is 0.543. The van der Waals surface area contributed by atoms with E-state index in [1.54, 1.807) is 0 Å². The topological polar surface area (TPSA) is 12.0 Å². The molecule has 1 aromatic carbocycles. The van der Waals surface area contributed by atoms with E-state index in [-0.39, 0.29) is 0 Å². The summed E-state index contributed by atoms with van der Waals surface area (Å²) in [5.41, 5.74) is 1.46. The predicted octanol–water partition coefficient (Wildman–Crippen LogP) is 4.70. The van der Waals surface area contributed by atoms with Gasteiger partial charge in [0, 0.05) is 12.1 Å². The number of rotatable bonds is 7. The molecule has 2 rings (SSSR count). The molecule has 1 fully saturated rings. The molecular weight excluding hydrogens is 218 g/mol. The lowest BCUT2D eigenvalue weighted by atomic mass is 9.80. The van der Waals surface area contributed by atoms with Crippen molar-refractivity contribution >= 4 is 0 Å². The molecule has 0 spiro atoms. The highest BCUT2D eigenvalue weighted by atomic mass is 15.0. The quantitative estimate of drug-likeness (QED) is 0.734. The number of hydrogen-bond donors (Lipinski definition) is 1. The van der Waals surface area contributed by atoms with Gasteiger partial charge in [-0.2, -0.15) is 0 Å². The van der Waals surface area contributed by atoms with Crippen LogP contribution in [0.3, 0.4) is 0 Å². The summed E-state index contributed by atoms with van der Waals surface area (Å²) in [6.07, 6.45) is 8.12. The third-order valence-electron chi connectivity index (χ3n) is 4.37. The maximum absolute atomic E-state index is 3.87. The first-order valence-electron chi connectivity index (χ1n) is 7.62. The van der Waals surface area contributed by atoms with Crippen molar-refractivity contribution in [3.05, 3.63) is 35.9 Å². The van der Waals surface area contributed by atoms with Crippen molar-refractivity contribution in [2.24, 2.45) is 5.92 Å². The second-order valence-electron chi connectivity index (χ2n) is 5.75. The van der Waals surface area contributed by atoms with E-state index in [4.69, 9.17) is 0 Å². The average molecular weight is 245 g/mol. The second-order valence-corrected chi connectivity index (χ2v) is 5.75. The van der Waals surface area contributed by atoms with Crippen LogP contribution in [-0.4, -0.2) is 6.04 Å². The van der Waals surface area contributed by atoms with Crippen LogP contribution in [0.5, 0.6) is 0 Å². The average Bonchev–Trinajstić information content (AvgIpc) is 2.33. The lowest BCUT2D eigenvalue weighted by Gasteiger charge is -2.35. The molecule has 100 valence electrons. The Kier molecular flexibility index (Phi) is 5.25. The Hall–Kier alpha value is -0.820. The van der Waals surface area contributed by atoms with Crippen molar-refractivity contribution in [1.82, 2.24) is 5.32 Å². The van der Waals surface area contributed by atoms with Crippen LogP contribution < -0.4 is 5.32 Å². The molecule has 1 saturated carbocycles. The SMILES string of the molecule is CCCCC(NC(C)C1CCC1)c1ccccc1. The van der Waals surface area contributed by atoms with Gasteiger partial charge in [-0.25, -0.2) is 0 Å². The van der Waals surface area contributed by atoms with Crippen molar-refractivity contribution < 1.29 is 0 Å². The number of hydrogen-bond acceptors (Lipinski definition) is 1. The molecule has 1 aliphatic rings. The van der Waals surface area contributed by atoms with Crippen LogP contribution in [0.2, 0.25) is 0 Å². The fourth-order valence-electron chi connectivity index (χ4n) is 2.83. The van der Waals surface area contributed by atoms with Crippen molar-refractivity contribution in [2.75, 3.05) is 0 Å². The molecule has 0 bridgehead atoms. The Labute approximate surface area is 112 Å². The van der Waals surface area contributed by atoms with Gasteiger partial charge in [-0.15, -0.1) is 0 Å². The molecule has 0 amide bonds. The van der Waals surface area contributed by atoms with Gasteiger partial charge in [-0.05, 0) is 37.7 Å². The molecule has 1 nitrogen and oxygen atoms in total. The van der Waals surface area contributed by atoms with Crippen LogP contribution >= 0.6 is 0 Å². The number of unbranched alkanes of at least 4 members (excludes halogenated alkanes) is 1. The molecule has 18 heavy (non-hydrogen) atoms. The number of benzene rings is 1. The van der Waals surface area contributed by atoms with Crippen molar-refractivity contribution in [2.45, 2.75) is 64.5 Å². The Morgan fingerprint density at radius 1 is 1.22 bits per heavy atom. The van der Waals surface area contributed by atoms with E-state index in [0.29, 0.717) is 12.1 Å². The van der Waals surface area contributed by atoms with E-state index in [2.05, 4.69) is 49.5 Å². The third-order valence-corrected chi connectivity index (χ3v) is 4.37. The van der Waals surface area contributed by atoms with Gasteiger partial charge in [-0.3, -0.25) is 0 Å². The van der Waals surface area contributed by atoms with Crippen LogP contribution in [0, 0.1) is 5.92 Å². The highest BCUT2D eigenvalue weighted by Gasteiger charge is 2.25. The lowest BCUT2D eigenvalue weighted by Crippen LogP contribution is -2.39. The van der Waals surface area contributed by atoms with E-state index < -0.39 is 0 Å². The molecule has 2 atom stereocenters. The molecule has 1 aliphatic carbocycles. The van der Waals surface area contributed by atoms with Gasteiger partial charge in [-0.1, -0.05) is 56.5 Å². The lowest BCUT2D eigenvalue weighted by molar-refractivity contribution is 0.223. The zero-order chi connectivity index (χ0) is 12.8. The molecule has 0 saturated heterocycles. The Bertz CT molecular complexity index is 329. The molecule has 0 aliphatic heterocycles. The van der Waals surface area contributed by atoms with Crippen LogP contribution in [0.4, 0.5) is 0 Å². The molecule has 1 N–H and O–H groups in total. The zero-order valence-electron chi connectivity index (χ0n) is 11.9. The van der Waals surface area contributed by atoms with Crippen LogP contribution in [0.15, 0.2) is 30.3 Å². The minimum Gasteiger partial charge on any atom is -0.307 e. The molecular formula is C17H27N. The summed E-state index contributed by atoms with van der Waals surface area (Å²) < 4.78 is 0. The van der Waals surface area contributed by atoms with Crippen molar-refractivity contribution in [3.63, 3.8) is 0 Å². The monoisotopic (exact) mass is 245 g/mol. The molecule has 1 aromatic rings. The molecule has 2 unspecified atom stereocenters. The summed E-state index contributed by atoms with van der Waals surface area (Å²) in [4.78, 5) is 0. The standard InChI is InChI=1S/C17H27N/c1-3-4-13-17(16-9-6-5-7-10-16)18-14(2)15-11-8-12-15/h5-7,9-10,14-15,17-18H,3-4,8,11-13H2,1-2H3. The summed E-state index contributed by atoms with van der Waals surface area (Å²) in [5.74, 6) is 0.915. The van der Waals surface area contributed by atoms with E-state index in [0.717, 1.165) is 5.92 Å². The van der Waals surface area contributed by atoms with Gasteiger partial charge in [0.1, 0.15) is 0 Å².